The van der Waals surface area contributed by atoms with Gasteiger partial charge in [0, 0.05) is 18.1 Å². The second-order valence-electron chi connectivity index (χ2n) is 5.48. The van der Waals surface area contributed by atoms with E-state index in [1.165, 1.54) is 6.20 Å². The van der Waals surface area contributed by atoms with Crippen LogP contribution in [0.5, 0.6) is 0 Å². The summed E-state index contributed by atoms with van der Waals surface area (Å²) in [6.07, 6.45) is 4.73. The van der Waals surface area contributed by atoms with Crippen LogP contribution in [0.15, 0.2) is 47.7 Å². The number of benzene rings is 1. The zero-order chi connectivity index (χ0) is 16.9. The maximum atomic E-state index is 12.2. The van der Waals surface area contributed by atoms with Crippen molar-refractivity contribution in [1.29, 1.82) is 0 Å². The van der Waals surface area contributed by atoms with Crippen LogP contribution >= 0.6 is 11.6 Å². The molecule has 1 amide bonds. The summed E-state index contributed by atoms with van der Waals surface area (Å²) in [5, 5.41) is 3.18. The van der Waals surface area contributed by atoms with Gasteiger partial charge >= 0.3 is 0 Å². The maximum Gasteiger partial charge on any atom is 0.282 e. The van der Waals surface area contributed by atoms with Crippen molar-refractivity contribution in [3.63, 3.8) is 0 Å². The number of aliphatic imine (C=N–C) groups is 1. The van der Waals surface area contributed by atoms with Gasteiger partial charge in [-0.3, -0.25) is 9.78 Å². The molecule has 0 fully saturated rings. The summed E-state index contributed by atoms with van der Waals surface area (Å²) in [6, 6.07) is 9.65. The fourth-order valence-electron chi connectivity index (χ4n) is 2.41. The van der Waals surface area contributed by atoms with Crippen molar-refractivity contribution in [2.24, 2.45) is 10.7 Å². The molecule has 6 nitrogen and oxygen atoms in total. The normalized spacial score (nSPS) is 16.4. The topological polar surface area (TPSA) is 89.6 Å². The van der Waals surface area contributed by atoms with Crippen LogP contribution in [0.2, 0.25) is 5.02 Å². The van der Waals surface area contributed by atoms with Crippen LogP contribution in [0.25, 0.3) is 0 Å². The summed E-state index contributed by atoms with van der Waals surface area (Å²) in [7, 11) is 0. The van der Waals surface area contributed by atoms with Crippen LogP contribution in [0.1, 0.15) is 22.3 Å². The Morgan fingerprint density at radius 3 is 2.79 bits per heavy atom. The lowest BCUT2D eigenvalue weighted by Gasteiger charge is -2.08. The number of nitrogens with two attached hydrogens (primary N) is 1. The van der Waals surface area contributed by atoms with Crippen molar-refractivity contribution in [2.75, 3.05) is 11.9 Å². The fraction of sp³-hybridized carbons (Fsp3) is 0.235. The Bertz CT molecular complexity index is 761. The Morgan fingerprint density at radius 1 is 1.33 bits per heavy atom. The SMILES string of the molecule is NC1=N[C@@H](CCc2ccc(NC(=O)c3cnccc3Cl)cc2)CO1. The molecule has 0 spiro atoms. The van der Waals surface area contributed by atoms with Crippen molar-refractivity contribution in [3.8, 4) is 0 Å². The average Bonchev–Trinajstić information content (AvgIpc) is 3.00. The van der Waals surface area contributed by atoms with Crippen LogP contribution in [0.3, 0.4) is 0 Å². The minimum Gasteiger partial charge on any atom is -0.463 e. The first kappa shape index (κ1) is 16.3. The predicted molar refractivity (Wildman–Crippen MR) is 93.3 cm³/mol. The number of hydrogen-bond donors (Lipinski definition) is 2. The number of pyridine rings is 1. The minimum atomic E-state index is -0.284. The number of aromatic nitrogens is 1. The number of amidine groups is 1. The van der Waals surface area contributed by atoms with Crippen LogP contribution in [-0.2, 0) is 11.2 Å². The molecule has 1 atom stereocenters. The summed E-state index contributed by atoms with van der Waals surface area (Å²) >= 11 is 5.99. The van der Waals surface area contributed by atoms with Gasteiger partial charge in [0.25, 0.3) is 11.9 Å². The van der Waals surface area contributed by atoms with Gasteiger partial charge in [-0.15, -0.1) is 0 Å². The van der Waals surface area contributed by atoms with Gasteiger partial charge in [0.05, 0.1) is 16.6 Å². The molecular formula is C17H17ClN4O2. The molecule has 3 N–H and O–H groups in total. The van der Waals surface area contributed by atoms with Crippen molar-refractivity contribution in [1.82, 2.24) is 4.98 Å². The average molecular weight is 345 g/mol. The summed E-state index contributed by atoms with van der Waals surface area (Å²) in [6.45, 7) is 0.547. The number of anilines is 1. The number of ether oxygens (including phenoxy) is 1. The van der Waals surface area contributed by atoms with Gasteiger partial charge in [-0.05, 0) is 36.6 Å². The summed E-state index contributed by atoms with van der Waals surface area (Å²) in [5.41, 5.74) is 7.70. The molecule has 0 unspecified atom stereocenters. The highest BCUT2D eigenvalue weighted by Gasteiger charge is 2.16. The smallest absolute Gasteiger partial charge is 0.282 e. The number of halogens is 1. The molecular weight excluding hydrogens is 328 g/mol. The monoisotopic (exact) mass is 344 g/mol. The molecule has 7 heteroatoms. The molecule has 2 aromatic rings. The molecule has 1 aliphatic rings. The molecule has 1 aromatic heterocycles. The van der Waals surface area contributed by atoms with Gasteiger partial charge in [-0.2, -0.15) is 0 Å². The predicted octanol–water partition coefficient (Wildman–Crippen LogP) is 2.63. The largest absolute Gasteiger partial charge is 0.463 e. The molecule has 0 saturated heterocycles. The van der Waals surface area contributed by atoms with Gasteiger partial charge in [-0.25, -0.2) is 4.99 Å². The number of nitrogens with zero attached hydrogens (tertiary/aromatic N) is 2. The number of carbonyl (C=O) groups excluding carboxylic acids is 1. The minimum absolute atomic E-state index is 0.122. The lowest BCUT2D eigenvalue weighted by Crippen LogP contribution is -2.12. The maximum absolute atomic E-state index is 12.2. The number of nitrogens with one attached hydrogen (secondary N) is 1. The Labute approximate surface area is 144 Å². The van der Waals surface area contributed by atoms with Crippen molar-refractivity contribution in [2.45, 2.75) is 18.9 Å². The number of hydrogen-bond acceptors (Lipinski definition) is 5. The number of aryl methyl sites for hydroxylation is 1. The fourth-order valence-corrected chi connectivity index (χ4v) is 2.61. The number of amides is 1. The summed E-state index contributed by atoms with van der Waals surface area (Å²) in [4.78, 5) is 20.3. The van der Waals surface area contributed by atoms with E-state index in [2.05, 4.69) is 15.3 Å². The van der Waals surface area contributed by atoms with Crippen LogP contribution in [0, 0.1) is 0 Å². The molecule has 1 aromatic carbocycles. The van der Waals surface area contributed by atoms with Crippen molar-refractivity contribution in [3.05, 3.63) is 58.9 Å². The zero-order valence-electron chi connectivity index (χ0n) is 12.9. The molecule has 0 aliphatic carbocycles. The third-order valence-electron chi connectivity index (χ3n) is 3.72. The van der Waals surface area contributed by atoms with E-state index in [1.807, 2.05) is 24.3 Å². The second-order valence-corrected chi connectivity index (χ2v) is 5.88. The first-order valence-electron chi connectivity index (χ1n) is 7.57. The quantitative estimate of drug-likeness (QED) is 0.872. The Kier molecular flexibility index (Phi) is 4.96. The van der Waals surface area contributed by atoms with Crippen LogP contribution in [0.4, 0.5) is 5.69 Å². The van der Waals surface area contributed by atoms with Gasteiger partial charge < -0.3 is 15.8 Å². The Hall–Kier alpha value is -2.60. The van der Waals surface area contributed by atoms with E-state index >= 15 is 0 Å². The van der Waals surface area contributed by atoms with E-state index in [1.54, 1.807) is 12.3 Å². The molecule has 3 rings (SSSR count). The standard InChI is InChI=1S/C17H17ClN4O2/c18-15-7-8-20-9-14(15)16(23)21-12-4-1-11(2-5-12)3-6-13-10-24-17(19)22-13/h1-2,4-5,7-9,13H,3,6,10H2,(H2,19,22)(H,21,23)/t13-/m0/s1. The van der Waals surface area contributed by atoms with Gasteiger partial charge in [0.15, 0.2) is 0 Å². The van der Waals surface area contributed by atoms with Gasteiger partial charge in [0.2, 0.25) is 0 Å². The zero-order valence-corrected chi connectivity index (χ0v) is 13.7. The highest BCUT2D eigenvalue weighted by molar-refractivity contribution is 6.34. The lowest BCUT2D eigenvalue weighted by molar-refractivity contribution is 0.102. The third kappa shape index (κ3) is 4.02. The van der Waals surface area contributed by atoms with Crippen LogP contribution in [-0.4, -0.2) is 29.6 Å². The summed E-state index contributed by atoms with van der Waals surface area (Å²) < 4.78 is 5.13. The van der Waals surface area contributed by atoms with E-state index in [0.29, 0.717) is 22.9 Å². The van der Waals surface area contributed by atoms with E-state index in [9.17, 15) is 4.79 Å². The molecule has 2 heterocycles. The Morgan fingerprint density at radius 2 is 2.12 bits per heavy atom. The van der Waals surface area contributed by atoms with E-state index in [-0.39, 0.29) is 18.0 Å². The Balaban J connectivity index is 1.56. The second kappa shape index (κ2) is 7.31. The number of rotatable bonds is 5. The first-order valence-corrected chi connectivity index (χ1v) is 7.95. The highest BCUT2D eigenvalue weighted by atomic mass is 35.5. The van der Waals surface area contributed by atoms with E-state index in [0.717, 1.165) is 18.4 Å². The van der Waals surface area contributed by atoms with Gasteiger partial charge in [-0.1, -0.05) is 23.7 Å². The summed E-state index contributed by atoms with van der Waals surface area (Å²) in [5.74, 6) is -0.284. The molecule has 24 heavy (non-hydrogen) atoms. The van der Waals surface area contributed by atoms with Crippen LogP contribution < -0.4 is 11.1 Å². The first-order chi connectivity index (χ1) is 11.6. The number of carbonyl (C=O) groups is 1. The third-order valence-corrected chi connectivity index (χ3v) is 4.05. The van der Waals surface area contributed by atoms with Crippen molar-refractivity contribution < 1.29 is 9.53 Å². The highest BCUT2D eigenvalue weighted by Crippen LogP contribution is 2.18. The molecule has 1 aliphatic heterocycles. The van der Waals surface area contributed by atoms with Crippen molar-refractivity contribution >= 4 is 29.2 Å². The molecule has 124 valence electrons. The lowest BCUT2D eigenvalue weighted by atomic mass is 10.1. The molecule has 0 bridgehead atoms. The van der Waals surface area contributed by atoms with Gasteiger partial charge in [0.1, 0.15) is 6.61 Å². The molecule has 0 saturated carbocycles. The molecule has 0 radical (unpaired) electrons. The van der Waals surface area contributed by atoms with E-state index in [4.69, 9.17) is 22.1 Å². The van der Waals surface area contributed by atoms with E-state index < -0.39 is 0 Å².